The first kappa shape index (κ1) is 15.9. The van der Waals surface area contributed by atoms with Gasteiger partial charge in [-0.3, -0.25) is 0 Å². The first-order valence-corrected chi connectivity index (χ1v) is 9.54. The quantitative estimate of drug-likeness (QED) is 0.812. The van der Waals surface area contributed by atoms with Crippen molar-refractivity contribution >= 4 is 39.1 Å². The number of hydrogen-bond acceptors (Lipinski definition) is 4. The lowest BCUT2D eigenvalue weighted by Gasteiger charge is -2.20. The molecule has 0 bridgehead atoms. The summed E-state index contributed by atoms with van der Waals surface area (Å²) in [6, 6.07) is 4.48. The molecule has 2 rings (SSSR count). The summed E-state index contributed by atoms with van der Waals surface area (Å²) >= 11 is 7.79. The summed E-state index contributed by atoms with van der Waals surface area (Å²) in [5.41, 5.74) is 6.04. The molecule has 0 amide bonds. The first-order valence-electron chi connectivity index (χ1n) is 6.63. The Morgan fingerprint density at radius 3 is 2.90 bits per heavy atom. The van der Waals surface area contributed by atoms with Crippen molar-refractivity contribution in [3.63, 3.8) is 0 Å². The molecule has 0 aromatic heterocycles. The minimum absolute atomic E-state index is 0.0255. The van der Waals surface area contributed by atoms with E-state index >= 15 is 0 Å². The highest BCUT2D eigenvalue weighted by molar-refractivity contribution is 8.00. The van der Waals surface area contributed by atoms with E-state index in [-0.39, 0.29) is 16.0 Å². The highest BCUT2D eigenvalue weighted by atomic mass is 35.5. The van der Waals surface area contributed by atoms with Crippen LogP contribution in [0.15, 0.2) is 23.1 Å². The summed E-state index contributed by atoms with van der Waals surface area (Å²) in [5, 5.41) is 0.541. The van der Waals surface area contributed by atoms with Gasteiger partial charge in [-0.2, -0.15) is 11.8 Å². The second-order valence-electron chi connectivity index (χ2n) is 4.84. The van der Waals surface area contributed by atoms with Crippen molar-refractivity contribution < 1.29 is 8.42 Å². The largest absolute Gasteiger partial charge is 0.399 e. The number of nitrogen functional groups attached to an aromatic ring is 1. The highest BCUT2D eigenvalue weighted by Gasteiger charge is 2.32. The Hall–Kier alpha value is -0.430. The molecule has 1 aliphatic rings. The summed E-state index contributed by atoms with van der Waals surface area (Å²) in [4.78, 5) is 0.0614. The molecule has 0 aliphatic heterocycles. The van der Waals surface area contributed by atoms with Gasteiger partial charge >= 0.3 is 0 Å². The third kappa shape index (κ3) is 3.61. The van der Waals surface area contributed by atoms with Crippen LogP contribution in [0.2, 0.25) is 5.02 Å². The van der Waals surface area contributed by atoms with Crippen molar-refractivity contribution in [3.8, 4) is 0 Å². The Labute approximate surface area is 129 Å². The Morgan fingerprint density at radius 1 is 1.45 bits per heavy atom. The first-order chi connectivity index (χ1) is 9.44. The van der Waals surface area contributed by atoms with Gasteiger partial charge in [0.2, 0.25) is 10.0 Å². The SMILES string of the molecule is CCSC1CCCC1NS(=O)(=O)c1cc(N)ccc1Cl. The number of nitrogens with one attached hydrogen (secondary N) is 1. The van der Waals surface area contributed by atoms with Crippen molar-refractivity contribution in [1.82, 2.24) is 4.72 Å². The molecular weight excluding hydrogens is 316 g/mol. The predicted molar refractivity (Wildman–Crippen MR) is 85.7 cm³/mol. The maximum atomic E-state index is 12.5. The van der Waals surface area contributed by atoms with Crippen LogP contribution in [-0.2, 0) is 10.0 Å². The van der Waals surface area contributed by atoms with Gasteiger partial charge < -0.3 is 5.73 Å². The fourth-order valence-corrected chi connectivity index (χ4v) is 5.59. The molecule has 0 radical (unpaired) electrons. The predicted octanol–water partition coefficient (Wildman–Crippen LogP) is 2.87. The molecule has 2 atom stereocenters. The van der Waals surface area contributed by atoms with E-state index < -0.39 is 10.0 Å². The van der Waals surface area contributed by atoms with Crippen LogP contribution < -0.4 is 10.5 Å². The number of hydrogen-bond donors (Lipinski definition) is 2. The van der Waals surface area contributed by atoms with Gasteiger partial charge in [-0.25, -0.2) is 13.1 Å². The van der Waals surface area contributed by atoms with Crippen LogP contribution in [-0.4, -0.2) is 25.5 Å². The Balaban J connectivity index is 2.20. The molecule has 1 fully saturated rings. The summed E-state index contributed by atoms with van der Waals surface area (Å²) in [5.74, 6) is 0.988. The molecule has 20 heavy (non-hydrogen) atoms. The number of thioether (sulfide) groups is 1. The Kier molecular flexibility index (Phi) is 5.23. The minimum atomic E-state index is -3.62. The van der Waals surface area contributed by atoms with Gasteiger partial charge in [0.25, 0.3) is 0 Å². The van der Waals surface area contributed by atoms with Gasteiger partial charge in [0, 0.05) is 17.0 Å². The fourth-order valence-electron chi connectivity index (χ4n) is 2.46. The van der Waals surface area contributed by atoms with Crippen LogP contribution in [0.25, 0.3) is 0 Å². The van der Waals surface area contributed by atoms with Gasteiger partial charge in [-0.05, 0) is 36.8 Å². The molecule has 4 nitrogen and oxygen atoms in total. The number of anilines is 1. The molecule has 0 heterocycles. The van der Waals surface area contributed by atoms with Crippen molar-refractivity contribution in [2.45, 2.75) is 42.4 Å². The van der Waals surface area contributed by atoms with E-state index in [9.17, 15) is 8.42 Å². The van der Waals surface area contributed by atoms with Gasteiger partial charge in [-0.1, -0.05) is 24.9 Å². The third-order valence-corrected chi connectivity index (χ3v) is 6.68. The number of rotatable bonds is 5. The lowest BCUT2D eigenvalue weighted by molar-refractivity contribution is 0.555. The standard InChI is InChI=1S/C13H19ClN2O2S2/c1-2-19-12-5-3-4-11(12)16-20(17,18)13-8-9(15)6-7-10(13)14/h6-8,11-12,16H,2-5,15H2,1H3. The van der Waals surface area contributed by atoms with Crippen molar-refractivity contribution in [1.29, 1.82) is 0 Å². The molecule has 2 unspecified atom stereocenters. The van der Waals surface area contributed by atoms with E-state index in [1.165, 1.54) is 12.1 Å². The molecule has 1 saturated carbocycles. The number of benzene rings is 1. The van der Waals surface area contributed by atoms with Crippen molar-refractivity contribution in [3.05, 3.63) is 23.2 Å². The van der Waals surface area contributed by atoms with Gasteiger partial charge in [0.05, 0.1) is 5.02 Å². The summed E-state index contributed by atoms with van der Waals surface area (Å²) in [6.07, 6.45) is 2.97. The van der Waals surface area contributed by atoms with Crippen LogP contribution in [0.4, 0.5) is 5.69 Å². The molecule has 1 aromatic carbocycles. The molecule has 112 valence electrons. The molecule has 0 saturated heterocycles. The monoisotopic (exact) mass is 334 g/mol. The van der Waals surface area contributed by atoms with Gasteiger partial charge in [0.15, 0.2) is 0 Å². The average molecular weight is 335 g/mol. The van der Waals surface area contributed by atoms with Gasteiger partial charge in [0.1, 0.15) is 4.90 Å². The van der Waals surface area contributed by atoms with Gasteiger partial charge in [-0.15, -0.1) is 0 Å². The molecular formula is C13H19ClN2O2S2. The summed E-state index contributed by atoms with van der Waals surface area (Å²) < 4.78 is 27.7. The van der Waals surface area contributed by atoms with E-state index in [1.54, 1.807) is 17.8 Å². The molecule has 0 spiro atoms. The van der Waals surface area contributed by atoms with E-state index in [0.29, 0.717) is 10.9 Å². The second kappa shape index (κ2) is 6.56. The molecule has 7 heteroatoms. The lowest BCUT2D eigenvalue weighted by atomic mass is 10.3. The molecule has 1 aliphatic carbocycles. The Morgan fingerprint density at radius 2 is 2.20 bits per heavy atom. The number of halogens is 1. The lowest BCUT2D eigenvalue weighted by Crippen LogP contribution is -2.38. The zero-order chi connectivity index (χ0) is 14.8. The summed E-state index contributed by atoms with van der Waals surface area (Å²) in [7, 11) is -3.62. The van der Waals surface area contributed by atoms with Crippen LogP contribution in [0, 0.1) is 0 Å². The van der Waals surface area contributed by atoms with E-state index in [2.05, 4.69) is 11.6 Å². The van der Waals surface area contributed by atoms with Crippen molar-refractivity contribution in [2.24, 2.45) is 0 Å². The van der Waals surface area contributed by atoms with Crippen molar-refractivity contribution in [2.75, 3.05) is 11.5 Å². The topological polar surface area (TPSA) is 72.2 Å². The number of sulfonamides is 1. The zero-order valence-electron chi connectivity index (χ0n) is 11.3. The second-order valence-corrected chi connectivity index (χ2v) is 8.45. The zero-order valence-corrected chi connectivity index (χ0v) is 13.7. The normalized spacial score (nSPS) is 23.1. The van der Waals surface area contributed by atoms with E-state index in [0.717, 1.165) is 25.0 Å². The smallest absolute Gasteiger partial charge is 0.242 e. The molecule has 3 N–H and O–H groups in total. The van der Waals surface area contributed by atoms with E-state index in [1.807, 2.05) is 0 Å². The van der Waals surface area contributed by atoms with E-state index in [4.69, 9.17) is 17.3 Å². The van der Waals surface area contributed by atoms with Crippen LogP contribution in [0.3, 0.4) is 0 Å². The minimum Gasteiger partial charge on any atom is -0.399 e. The Bertz CT molecular complexity index is 578. The average Bonchev–Trinajstić information content (AvgIpc) is 2.79. The maximum absolute atomic E-state index is 12.5. The number of nitrogens with two attached hydrogens (primary N) is 1. The third-order valence-electron chi connectivity index (χ3n) is 3.38. The molecule has 1 aromatic rings. The fraction of sp³-hybridized carbons (Fsp3) is 0.538. The summed E-state index contributed by atoms with van der Waals surface area (Å²) in [6.45, 7) is 2.09. The van der Waals surface area contributed by atoms with Crippen LogP contribution >= 0.6 is 23.4 Å². The van der Waals surface area contributed by atoms with Crippen LogP contribution in [0.1, 0.15) is 26.2 Å². The van der Waals surface area contributed by atoms with Crippen LogP contribution in [0.5, 0.6) is 0 Å². The maximum Gasteiger partial charge on any atom is 0.242 e. The highest BCUT2D eigenvalue weighted by Crippen LogP contribution is 2.32.